The molecule has 0 bridgehead atoms. The lowest BCUT2D eigenvalue weighted by Gasteiger charge is -2.34. The van der Waals surface area contributed by atoms with Crippen molar-refractivity contribution in [2.45, 2.75) is 6.92 Å². The summed E-state index contributed by atoms with van der Waals surface area (Å²) in [7, 11) is 0. The van der Waals surface area contributed by atoms with Crippen LogP contribution in [0.15, 0.2) is 30.3 Å². The van der Waals surface area contributed by atoms with E-state index in [9.17, 15) is 9.18 Å². The van der Waals surface area contributed by atoms with Gasteiger partial charge in [-0.15, -0.1) is 10.2 Å². The zero-order valence-corrected chi connectivity index (χ0v) is 14.6. The molecule has 8 heteroatoms. The van der Waals surface area contributed by atoms with E-state index in [1.807, 2.05) is 0 Å². The summed E-state index contributed by atoms with van der Waals surface area (Å²) in [5.74, 6) is -0.193. The first-order valence-corrected chi connectivity index (χ1v) is 8.52. The summed E-state index contributed by atoms with van der Waals surface area (Å²) in [6.07, 6.45) is 0. The largest absolute Gasteiger partial charge is 0.353 e. The number of benzene rings is 1. The van der Waals surface area contributed by atoms with Gasteiger partial charge in [-0.1, -0.05) is 18.5 Å². The molecule has 132 valence electrons. The van der Waals surface area contributed by atoms with Crippen molar-refractivity contribution in [2.24, 2.45) is 0 Å². The lowest BCUT2D eigenvalue weighted by atomic mass is 10.2. The van der Waals surface area contributed by atoms with Gasteiger partial charge in [-0.3, -0.25) is 4.79 Å². The van der Waals surface area contributed by atoms with Crippen molar-refractivity contribution in [1.82, 2.24) is 15.1 Å². The summed E-state index contributed by atoms with van der Waals surface area (Å²) in [5.41, 5.74) is 0.592. The second kappa shape index (κ2) is 7.76. The van der Waals surface area contributed by atoms with Gasteiger partial charge in [0.25, 0.3) is 5.91 Å². The van der Waals surface area contributed by atoms with E-state index in [2.05, 4.69) is 32.2 Å². The summed E-state index contributed by atoms with van der Waals surface area (Å²) in [5, 5.41) is 10.7. The van der Waals surface area contributed by atoms with E-state index in [1.165, 1.54) is 18.2 Å². The van der Waals surface area contributed by atoms with Gasteiger partial charge < -0.3 is 15.1 Å². The number of carbonyl (C=O) groups is 1. The summed E-state index contributed by atoms with van der Waals surface area (Å²) < 4.78 is 13.2. The number of carbonyl (C=O) groups excluding carboxylic acids is 1. The summed E-state index contributed by atoms with van der Waals surface area (Å²) in [6.45, 7) is 6.96. The third-order valence-corrected chi connectivity index (χ3v) is 4.49. The summed E-state index contributed by atoms with van der Waals surface area (Å²) >= 11 is 5.71. The molecular formula is C17H19ClFN5O. The van der Waals surface area contributed by atoms with Gasteiger partial charge in [-0.25, -0.2) is 4.39 Å². The van der Waals surface area contributed by atoms with Gasteiger partial charge >= 0.3 is 0 Å². The molecule has 1 aromatic heterocycles. The zero-order chi connectivity index (χ0) is 17.8. The molecule has 6 nitrogen and oxygen atoms in total. The van der Waals surface area contributed by atoms with Crippen LogP contribution in [-0.4, -0.2) is 53.7 Å². The van der Waals surface area contributed by atoms with Gasteiger partial charge in [0, 0.05) is 31.9 Å². The number of nitrogens with one attached hydrogen (secondary N) is 1. The van der Waals surface area contributed by atoms with Gasteiger partial charge in [-0.2, -0.15) is 0 Å². The minimum Gasteiger partial charge on any atom is -0.353 e. The third-order valence-electron chi connectivity index (χ3n) is 4.20. The van der Waals surface area contributed by atoms with Gasteiger partial charge in [0.1, 0.15) is 5.82 Å². The molecule has 2 aromatic rings. The van der Waals surface area contributed by atoms with Crippen molar-refractivity contribution < 1.29 is 9.18 Å². The minimum atomic E-state index is -0.535. The number of piperazine rings is 1. The standard InChI is InChI=1S/C17H19ClFN5O/c1-2-23-7-9-24(10-8-23)16-6-5-15(21-22-16)17(25)20-12-3-4-14(19)13(18)11-12/h3-6,11H,2,7-10H2,1H3,(H,20,25). The molecule has 0 radical (unpaired) electrons. The summed E-state index contributed by atoms with van der Waals surface area (Å²) in [4.78, 5) is 16.7. The van der Waals surface area contributed by atoms with E-state index in [1.54, 1.807) is 12.1 Å². The number of nitrogens with zero attached hydrogens (tertiary/aromatic N) is 4. The SMILES string of the molecule is CCN1CCN(c2ccc(C(=O)Nc3ccc(F)c(Cl)c3)nn2)CC1. The van der Waals surface area contributed by atoms with Crippen LogP contribution in [0, 0.1) is 5.82 Å². The van der Waals surface area contributed by atoms with Crippen molar-refractivity contribution >= 4 is 29.0 Å². The average molecular weight is 364 g/mol. The topological polar surface area (TPSA) is 61.4 Å². The highest BCUT2D eigenvalue weighted by molar-refractivity contribution is 6.31. The lowest BCUT2D eigenvalue weighted by molar-refractivity contribution is 0.102. The Kier molecular flexibility index (Phi) is 5.45. The molecule has 25 heavy (non-hydrogen) atoms. The minimum absolute atomic E-state index is 0.0505. The van der Waals surface area contributed by atoms with Crippen LogP contribution in [0.5, 0.6) is 0 Å². The van der Waals surface area contributed by atoms with Crippen LogP contribution in [0.4, 0.5) is 15.9 Å². The van der Waals surface area contributed by atoms with Crippen LogP contribution >= 0.6 is 11.6 Å². The number of likely N-dealkylation sites (N-methyl/N-ethyl adjacent to an activating group) is 1. The van der Waals surface area contributed by atoms with E-state index < -0.39 is 11.7 Å². The fourth-order valence-corrected chi connectivity index (χ4v) is 2.86. The van der Waals surface area contributed by atoms with Gasteiger partial charge in [0.15, 0.2) is 11.5 Å². The van der Waals surface area contributed by atoms with E-state index in [-0.39, 0.29) is 10.7 Å². The quantitative estimate of drug-likeness (QED) is 0.904. The number of aromatic nitrogens is 2. The number of amides is 1. The Morgan fingerprint density at radius 1 is 1.20 bits per heavy atom. The van der Waals surface area contributed by atoms with Gasteiger partial charge in [0.05, 0.1) is 5.02 Å². The van der Waals surface area contributed by atoms with E-state index in [0.29, 0.717) is 5.69 Å². The predicted molar refractivity (Wildman–Crippen MR) is 95.7 cm³/mol. The van der Waals surface area contributed by atoms with E-state index in [4.69, 9.17) is 11.6 Å². The maximum atomic E-state index is 13.2. The number of anilines is 2. The Balaban J connectivity index is 1.63. The lowest BCUT2D eigenvalue weighted by Crippen LogP contribution is -2.46. The van der Waals surface area contributed by atoms with Gasteiger partial charge in [0.2, 0.25) is 0 Å². The van der Waals surface area contributed by atoms with E-state index >= 15 is 0 Å². The molecule has 1 amide bonds. The van der Waals surface area contributed by atoms with E-state index in [0.717, 1.165) is 38.5 Å². The van der Waals surface area contributed by atoms with Crippen LogP contribution in [0.2, 0.25) is 5.02 Å². The fraction of sp³-hybridized carbons (Fsp3) is 0.353. The fourth-order valence-electron chi connectivity index (χ4n) is 2.68. The predicted octanol–water partition coefficient (Wildman–Crippen LogP) is 2.66. The van der Waals surface area contributed by atoms with Crippen LogP contribution in [0.1, 0.15) is 17.4 Å². The number of rotatable bonds is 4. The molecule has 1 aliphatic heterocycles. The summed E-state index contributed by atoms with van der Waals surface area (Å²) in [6, 6.07) is 7.41. The van der Waals surface area contributed by atoms with Crippen LogP contribution in [-0.2, 0) is 0 Å². The van der Waals surface area contributed by atoms with Crippen molar-refractivity contribution in [1.29, 1.82) is 0 Å². The first kappa shape index (κ1) is 17.6. The Morgan fingerprint density at radius 2 is 1.96 bits per heavy atom. The van der Waals surface area contributed by atoms with Crippen molar-refractivity contribution in [3.63, 3.8) is 0 Å². The molecule has 0 spiro atoms. The monoisotopic (exact) mass is 363 g/mol. The number of halogens is 2. The molecule has 1 saturated heterocycles. The van der Waals surface area contributed by atoms with Crippen molar-refractivity contribution in [3.8, 4) is 0 Å². The molecule has 0 saturated carbocycles. The van der Waals surface area contributed by atoms with Crippen LogP contribution in [0.25, 0.3) is 0 Å². The zero-order valence-electron chi connectivity index (χ0n) is 13.9. The second-order valence-electron chi connectivity index (χ2n) is 5.78. The van der Waals surface area contributed by atoms with Crippen LogP contribution < -0.4 is 10.2 Å². The Morgan fingerprint density at radius 3 is 2.56 bits per heavy atom. The molecule has 1 N–H and O–H groups in total. The first-order chi connectivity index (χ1) is 12.1. The van der Waals surface area contributed by atoms with Crippen molar-refractivity contribution in [3.05, 3.63) is 46.9 Å². The molecule has 2 heterocycles. The molecule has 1 aromatic carbocycles. The molecule has 0 unspecified atom stereocenters. The highest BCUT2D eigenvalue weighted by Crippen LogP contribution is 2.20. The number of hydrogen-bond acceptors (Lipinski definition) is 5. The molecular weight excluding hydrogens is 345 g/mol. The highest BCUT2D eigenvalue weighted by atomic mass is 35.5. The van der Waals surface area contributed by atoms with Crippen molar-refractivity contribution in [2.75, 3.05) is 42.9 Å². The highest BCUT2D eigenvalue weighted by Gasteiger charge is 2.18. The first-order valence-electron chi connectivity index (χ1n) is 8.14. The second-order valence-corrected chi connectivity index (χ2v) is 6.19. The maximum Gasteiger partial charge on any atom is 0.276 e. The maximum absolute atomic E-state index is 13.2. The Hall–Kier alpha value is -2.25. The molecule has 0 aliphatic carbocycles. The average Bonchev–Trinajstić information content (AvgIpc) is 2.65. The smallest absolute Gasteiger partial charge is 0.276 e. The molecule has 0 atom stereocenters. The Bertz CT molecular complexity index is 747. The molecule has 1 fully saturated rings. The third kappa shape index (κ3) is 4.24. The van der Waals surface area contributed by atoms with Crippen LogP contribution in [0.3, 0.4) is 0 Å². The Labute approximate surface area is 150 Å². The normalized spacial score (nSPS) is 15.2. The molecule has 1 aliphatic rings. The molecule has 3 rings (SSSR count). The number of hydrogen-bond donors (Lipinski definition) is 1. The van der Waals surface area contributed by atoms with Gasteiger partial charge in [-0.05, 0) is 36.9 Å².